The molecule has 1 atom stereocenters. The van der Waals surface area contributed by atoms with E-state index in [1.54, 1.807) is 4.90 Å². The van der Waals surface area contributed by atoms with Crippen molar-refractivity contribution in [3.8, 4) is 17.0 Å². The Morgan fingerprint density at radius 2 is 1.79 bits per heavy atom. The van der Waals surface area contributed by atoms with Gasteiger partial charge in [0.25, 0.3) is 0 Å². The number of rotatable bonds is 2. The third kappa shape index (κ3) is 4.96. The molecule has 0 radical (unpaired) electrons. The van der Waals surface area contributed by atoms with Crippen LogP contribution >= 0.6 is 0 Å². The van der Waals surface area contributed by atoms with Crippen LogP contribution in [-0.4, -0.2) is 68.9 Å². The first kappa shape index (κ1) is 27.3. The molecule has 0 saturated carbocycles. The van der Waals surface area contributed by atoms with Crippen LogP contribution in [0.15, 0.2) is 24.3 Å². The Labute approximate surface area is 231 Å². The molecule has 1 aromatic carbocycles. The van der Waals surface area contributed by atoms with Gasteiger partial charge in [0.15, 0.2) is 5.60 Å². The number of carbonyl (C=O) groups is 2. The summed E-state index contributed by atoms with van der Waals surface area (Å²) in [5.74, 6) is 2.03. The molecule has 0 unspecified atom stereocenters. The normalized spacial score (nSPS) is 21.6. The van der Waals surface area contributed by atoms with Gasteiger partial charge < -0.3 is 28.6 Å². The molecule has 3 aliphatic rings. The number of imidazole rings is 1. The molecule has 1 spiro atoms. The molecule has 0 bridgehead atoms. The van der Waals surface area contributed by atoms with E-state index in [9.17, 15) is 9.59 Å². The molecule has 0 aliphatic carbocycles. The predicted molar refractivity (Wildman–Crippen MR) is 148 cm³/mol. The van der Waals surface area contributed by atoms with Crippen molar-refractivity contribution in [1.82, 2.24) is 19.4 Å². The second-order valence-electron chi connectivity index (χ2n) is 12.6. The van der Waals surface area contributed by atoms with Gasteiger partial charge in [-0.3, -0.25) is 0 Å². The average Bonchev–Trinajstić information content (AvgIpc) is 3.21. The summed E-state index contributed by atoms with van der Waals surface area (Å²) in [5, 5.41) is 0. The molecule has 9 nitrogen and oxygen atoms in total. The molecular formula is C30H42N4O5. The lowest BCUT2D eigenvalue weighted by Gasteiger charge is -2.45. The molecule has 0 N–H and O–H groups in total. The average molecular weight is 539 g/mol. The topological polar surface area (TPSA) is 86.1 Å². The van der Waals surface area contributed by atoms with Crippen LogP contribution in [-0.2, 0) is 22.1 Å². The minimum Gasteiger partial charge on any atom is -0.480 e. The van der Waals surface area contributed by atoms with Crippen LogP contribution in [0.3, 0.4) is 0 Å². The highest BCUT2D eigenvalue weighted by atomic mass is 16.6. The number of likely N-dealkylation sites (tertiary alicyclic amines) is 2. The number of ether oxygens (including phenoxy) is 3. The first-order valence-electron chi connectivity index (χ1n) is 14.1. The third-order valence-corrected chi connectivity index (χ3v) is 8.26. The summed E-state index contributed by atoms with van der Waals surface area (Å²) in [7, 11) is 2.09. The molecule has 5 rings (SSSR count). The van der Waals surface area contributed by atoms with Crippen LogP contribution in [0.2, 0.25) is 0 Å². The van der Waals surface area contributed by atoms with E-state index in [0.717, 1.165) is 41.4 Å². The van der Waals surface area contributed by atoms with Gasteiger partial charge in [-0.25, -0.2) is 14.6 Å². The molecular weight excluding hydrogens is 496 g/mol. The van der Waals surface area contributed by atoms with Crippen molar-refractivity contribution in [3.63, 3.8) is 0 Å². The van der Waals surface area contributed by atoms with Crippen molar-refractivity contribution in [3.05, 3.63) is 35.8 Å². The molecule has 4 heterocycles. The molecule has 3 aliphatic heterocycles. The molecule has 39 heavy (non-hydrogen) atoms. The van der Waals surface area contributed by atoms with Crippen molar-refractivity contribution < 1.29 is 23.8 Å². The molecule has 212 valence electrons. The highest BCUT2D eigenvalue weighted by molar-refractivity contribution is 5.74. The first-order chi connectivity index (χ1) is 18.3. The highest BCUT2D eigenvalue weighted by Crippen LogP contribution is 2.51. The summed E-state index contributed by atoms with van der Waals surface area (Å²) in [4.78, 5) is 34.3. The fourth-order valence-electron chi connectivity index (χ4n) is 6.48. The second kappa shape index (κ2) is 9.75. The maximum absolute atomic E-state index is 13.0. The number of benzene rings is 1. The smallest absolute Gasteiger partial charge is 0.410 e. The monoisotopic (exact) mass is 538 g/mol. The molecule has 9 heteroatoms. The number of hydrogen-bond donors (Lipinski definition) is 0. The lowest BCUT2D eigenvalue weighted by molar-refractivity contribution is -0.0113. The van der Waals surface area contributed by atoms with E-state index in [-0.39, 0.29) is 23.6 Å². The van der Waals surface area contributed by atoms with Crippen molar-refractivity contribution in [1.29, 1.82) is 0 Å². The van der Waals surface area contributed by atoms with Gasteiger partial charge in [0, 0.05) is 56.5 Å². The van der Waals surface area contributed by atoms with Crippen LogP contribution in [0.4, 0.5) is 9.59 Å². The zero-order valence-corrected chi connectivity index (χ0v) is 24.4. The van der Waals surface area contributed by atoms with Crippen molar-refractivity contribution in [2.24, 2.45) is 7.05 Å². The Kier molecular flexibility index (Phi) is 6.84. The standard InChI is InChI=1S/C30H42N4O5/c1-8-37-26(35)33-17-14-30(15-18-33)24-23(21-11-9-10-12-22(21)38-30)31-25(32(24)7)20-13-16-34(29(5,6)19-20)27(36)39-28(2,3)4/h9-12,20H,8,13-19H2,1-7H3/t20-/m1/s1. The highest BCUT2D eigenvalue weighted by Gasteiger charge is 2.49. The van der Waals surface area contributed by atoms with Gasteiger partial charge >= 0.3 is 12.2 Å². The SMILES string of the molecule is CCOC(=O)N1CCC2(CC1)Oc1ccccc1-c1nc([C@@H]3CCN(C(=O)OC(C)(C)C)C(C)(C)C3)n(C)c12. The van der Waals surface area contributed by atoms with Crippen LogP contribution in [0.1, 0.15) is 84.7 Å². The molecule has 2 saturated heterocycles. The van der Waals surface area contributed by atoms with Crippen molar-refractivity contribution in [2.45, 2.75) is 89.9 Å². The summed E-state index contributed by atoms with van der Waals surface area (Å²) in [5.41, 5.74) is 1.55. The predicted octanol–water partition coefficient (Wildman–Crippen LogP) is 5.82. The van der Waals surface area contributed by atoms with Gasteiger partial charge in [0.05, 0.1) is 18.0 Å². The zero-order valence-electron chi connectivity index (χ0n) is 24.4. The van der Waals surface area contributed by atoms with E-state index < -0.39 is 11.2 Å². The van der Waals surface area contributed by atoms with Crippen LogP contribution in [0.5, 0.6) is 5.75 Å². The fourth-order valence-corrected chi connectivity index (χ4v) is 6.48. The van der Waals surface area contributed by atoms with Crippen molar-refractivity contribution in [2.75, 3.05) is 26.2 Å². The lowest BCUT2D eigenvalue weighted by Crippen LogP contribution is -2.54. The number of piperidine rings is 2. The van der Waals surface area contributed by atoms with Gasteiger partial charge in [-0.1, -0.05) is 12.1 Å². The molecule has 2 amide bonds. The number of amides is 2. The Bertz CT molecular complexity index is 1250. The molecule has 2 fully saturated rings. The van der Waals surface area contributed by atoms with E-state index in [1.807, 2.05) is 50.8 Å². The van der Waals surface area contributed by atoms with E-state index in [2.05, 4.69) is 31.5 Å². The van der Waals surface area contributed by atoms with Gasteiger partial charge in [-0.15, -0.1) is 0 Å². The second-order valence-corrected chi connectivity index (χ2v) is 12.6. The summed E-state index contributed by atoms with van der Waals surface area (Å²) in [6, 6.07) is 8.09. The number of fused-ring (bicyclic) bond motifs is 4. The van der Waals surface area contributed by atoms with Crippen LogP contribution in [0.25, 0.3) is 11.3 Å². The zero-order chi connectivity index (χ0) is 28.2. The van der Waals surface area contributed by atoms with E-state index >= 15 is 0 Å². The Morgan fingerprint density at radius 3 is 2.44 bits per heavy atom. The Balaban J connectivity index is 1.46. The van der Waals surface area contributed by atoms with Gasteiger partial charge in [-0.05, 0) is 66.5 Å². The van der Waals surface area contributed by atoms with Gasteiger partial charge in [0.2, 0.25) is 0 Å². The van der Waals surface area contributed by atoms with Crippen molar-refractivity contribution >= 4 is 12.2 Å². The number of aromatic nitrogens is 2. The maximum atomic E-state index is 13.0. The maximum Gasteiger partial charge on any atom is 0.410 e. The third-order valence-electron chi connectivity index (χ3n) is 8.26. The lowest BCUT2D eigenvalue weighted by atomic mass is 9.82. The summed E-state index contributed by atoms with van der Waals surface area (Å²) >= 11 is 0. The van der Waals surface area contributed by atoms with Gasteiger partial charge in [-0.2, -0.15) is 0 Å². The van der Waals surface area contributed by atoms with Gasteiger partial charge in [0.1, 0.15) is 17.2 Å². The van der Waals surface area contributed by atoms with E-state index in [4.69, 9.17) is 19.2 Å². The Morgan fingerprint density at radius 1 is 1.10 bits per heavy atom. The minimum atomic E-state index is -0.570. The molecule has 1 aromatic heterocycles. The number of hydrogen-bond acceptors (Lipinski definition) is 6. The van der Waals surface area contributed by atoms with E-state index in [1.165, 1.54) is 0 Å². The summed E-state index contributed by atoms with van der Waals surface area (Å²) in [6.07, 6.45) is 2.37. The minimum absolute atomic E-state index is 0.179. The first-order valence-corrected chi connectivity index (χ1v) is 14.1. The van der Waals surface area contributed by atoms with Crippen LogP contribution in [0, 0.1) is 0 Å². The quantitative estimate of drug-likeness (QED) is 0.479. The Hall–Kier alpha value is -3.23. The number of para-hydroxylation sites is 1. The van der Waals surface area contributed by atoms with Crippen LogP contribution < -0.4 is 4.74 Å². The fraction of sp³-hybridized carbons (Fsp3) is 0.633. The summed E-state index contributed by atoms with van der Waals surface area (Å²) < 4.78 is 20.0. The summed E-state index contributed by atoms with van der Waals surface area (Å²) in [6.45, 7) is 13.8. The number of carbonyl (C=O) groups excluding carboxylic acids is 2. The molecule has 2 aromatic rings. The largest absolute Gasteiger partial charge is 0.480 e. The number of nitrogens with zero attached hydrogens (tertiary/aromatic N) is 4. The van der Waals surface area contributed by atoms with E-state index in [0.29, 0.717) is 39.1 Å².